The molecular weight excluding hydrogens is 212 g/mol. The van der Waals surface area contributed by atoms with Gasteiger partial charge in [0.1, 0.15) is 12.4 Å². The van der Waals surface area contributed by atoms with Gasteiger partial charge in [0.25, 0.3) is 0 Å². The molecule has 3 rings (SSSR count). The Kier molecular flexibility index (Phi) is 2.85. The summed E-state index contributed by atoms with van der Waals surface area (Å²) in [6.45, 7) is 0.0329. The molecule has 1 aromatic carbocycles. The number of imidazole rings is 1. The first-order valence-electron chi connectivity index (χ1n) is 6.47. The zero-order valence-electron chi connectivity index (χ0n) is 9.97. The van der Waals surface area contributed by atoms with Crippen LogP contribution in [0.15, 0.2) is 24.3 Å². The van der Waals surface area contributed by atoms with Crippen LogP contribution in [0.3, 0.4) is 0 Å². The number of benzene rings is 1. The Labute approximate surface area is 101 Å². The van der Waals surface area contributed by atoms with Crippen LogP contribution in [0, 0.1) is 0 Å². The van der Waals surface area contributed by atoms with Crippen LogP contribution in [0.5, 0.6) is 0 Å². The van der Waals surface area contributed by atoms with Gasteiger partial charge in [-0.15, -0.1) is 0 Å². The Hall–Kier alpha value is -1.35. The van der Waals surface area contributed by atoms with Crippen molar-refractivity contribution in [3.63, 3.8) is 0 Å². The van der Waals surface area contributed by atoms with Crippen molar-refractivity contribution in [2.45, 2.75) is 44.8 Å². The molecule has 1 heterocycles. The van der Waals surface area contributed by atoms with Crippen molar-refractivity contribution in [2.24, 2.45) is 0 Å². The number of hydrogen-bond acceptors (Lipinski definition) is 2. The van der Waals surface area contributed by atoms with E-state index in [-0.39, 0.29) is 6.61 Å². The molecule has 90 valence electrons. The summed E-state index contributed by atoms with van der Waals surface area (Å²) in [7, 11) is 0. The topological polar surface area (TPSA) is 38.1 Å². The van der Waals surface area contributed by atoms with Crippen molar-refractivity contribution in [1.29, 1.82) is 0 Å². The fraction of sp³-hybridized carbons (Fsp3) is 0.500. The molecule has 0 unspecified atom stereocenters. The summed E-state index contributed by atoms with van der Waals surface area (Å²) in [6, 6.07) is 8.70. The van der Waals surface area contributed by atoms with Crippen LogP contribution in [0.25, 0.3) is 11.0 Å². The summed E-state index contributed by atoms with van der Waals surface area (Å²) in [6.07, 6.45) is 6.36. The fourth-order valence-corrected chi connectivity index (χ4v) is 2.95. The summed E-state index contributed by atoms with van der Waals surface area (Å²) >= 11 is 0. The average molecular weight is 230 g/mol. The van der Waals surface area contributed by atoms with E-state index in [0.717, 1.165) is 11.3 Å². The van der Waals surface area contributed by atoms with Crippen LogP contribution in [0.2, 0.25) is 0 Å². The van der Waals surface area contributed by atoms with Gasteiger partial charge in [0.05, 0.1) is 11.0 Å². The number of aliphatic hydroxyl groups excluding tert-OH is 1. The highest BCUT2D eigenvalue weighted by molar-refractivity contribution is 5.76. The molecule has 17 heavy (non-hydrogen) atoms. The van der Waals surface area contributed by atoms with Gasteiger partial charge in [-0.05, 0) is 25.0 Å². The van der Waals surface area contributed by atoms with E-state index in [1.165, 1.54) is 37.6 Å². The Morgan fingerprint density at radius 2 is 1.94 bits per heavy atom. The van der Waals surface area contributed by atoms with Crippen LogP contribution in [0.4, 0.5) is 0 Å². The normalized spacial score (nSPS) is 17.7. The second-order valence-electron chi connectivity index (χ2n) is 4.84. The van der Waals surface area contributed by atoms with Crippen LogP contribution >= 0.6 is 0 Å². The quantitative estimate of drug-likeness (QED) is 0.861. The second kappa shape index (κ2) is 4.49. The second-order valence-corrected chi connectivity index (χ2v) is 4.84. The molecule has 1 saturated carbocycles. The lowest BCUT2D eigenvalue weighted by atomic mass is 9.95. The van der Waals surface area contributed by atoms with E-state index in [1.54, 1.807) is 0 Å². The lowest BCUT2D eigenvalue weighted by Gasteiger charge is -2.25. The molecule has 1 aliphatic carbocycles. The Morgan fingerprint density at radius 3 is 2.71 bits per heavy atom. The first-order chi connectivity index (χ1) is 8.40. The molecule has 2 aromatic rings. The van der Waals surface area contributed by atoms with Gasteiger partial charge in [0.15, 0.2) is 0 Å². The highest BCUT2D eigenvalue weighted by atomic mass is 16.3. The molecule has 1 fully saturated rings. The Morgan fingerprint density at radius 1 is 1.18 bits per heavy atom. The van der Waals surface area contributed by atoms with E-state index in [1.807, 2.05) is 18.2 Å². The number of aliphatic hydroxyl groups is 1. The predicted molar refractivity (Wildman–Crippen MR) is 67.8 cm³/mol. The van der Waals surface area contributed by atoms with E-state index in [2.05, 4.69) is 15.6 Å². The lowest BCUT2D eigenvalue weighted by molar-refractivity contribution is 0.253. The molecule has 0 saturated heterocycles. The lowest BCUT2D eigenvalue weighted by Crippen LogP contribution is -2.15. The summed E-state index contributed by atoms with van der Waals surface area (Å²) in [5.74, 6) is 0.818. The standard InChI is InChI=1S/C14H18N2O/c17-10-14-15-12-8-4-5-9-13(12)16(14)11-6-2-1-3-7-11/h4-5,8-9,11,17H,1-3,6-7,10H2. The Balaban J connectivity index is 2.11. The van der Waals surface area contributed by atoms with Crippen LogP contribution < -0.4 is 0 Å². The van der Waals surface area contributed by atoms with Gasteiger partial charge < -0.3 is 9.67 Å². The number of para-hydroxylation sites is 2. The zero-order valence-corrected chi connectivity index (χ0v) is 9.97. The first-order valence-corrected chi connectivity index (χ1v) is 6.47. The molecule has 3 heteroatoms. The van der Waals surface area contributed by atoms with Crippen molar-refractivity contribution < 1.29 is 5.11 Å². The molecule has 0 amide bonds. The number of aromatic nitrogens is 2. The predicted octanol–water partition coefficient (Wildman–Crippen LogP) is 3.03. The number of hydrogen-bond donors (Lipinski definition) is 1. The maximum absolute atomic E-state index is 9.47. The van der Waals surface area contributed by atoms with Crippen molar-refractivity contribution >= 4 is 11.0 Å². The van der Waals surface area contributed by atoms with Crippen molar-refractivity contribution in [2.75, 3.05) is 0 Å². The van der Waals surface area contributed by atoms with Gasteiger partial charge in [0, 0.05) is 6.04 Å². The van der Waals surface area contributed by atoms with Crippen LogP contribution in [-0.2, 0) is 6.61 Å². The molecular formula is C14H18N2O. The third-order valence-corrected chi connectivity index (χ3v) is 3.75. The van der Waals surface area contributed by atoms with Gasteiger partial charge in [-0.2, -0.15) is 0 Å². The van der Waals surface area contributed by atoms with Crippen molar-refractivity contribution in [3.8, 4) is 0 Å². The van der Waals surface area contributed by atoms with Crippen LogP contribution in [0.1, 0.15) is 44.0 Å². The third-order valence-electron chi connectivity index (χ3n) is 3.75. The van der Waals surface area contributed by atoms with Crippen LogP contribution in [-0.4, -0.2) is 14.7 Å². The van der Waals surface area contributed by atoms with Gasteiger partial charge in [-0.3, -0.25) is 0 Å². The maximum Gasteiger partial charge on any atom is 0.135 e. The maximum atomic E-state index is 9.47. The van der Waals surface area contributed by atoms with Crippen molar-refractivity contribution in [3.05, 3.63) is 30.1 Å². The minimum atomic E-state index is 0.0329. The highest BCUT2D eigenvalue weighted by Gasteiger charge is 2.20. The smallest absolute Gasteiger partial charge is 0.135 e. The van der Waals surface area contributed by atoms with E-state index in [4.69, 9.17) is 0 Å². The molecule has 1 N–H and O–H groups in total. The van der Waals surface area contributed by atoms with E-state index < -0.39 is 0 Å². The highest BCUT2D eigenvalue weighted by Crippen LogP contribution is 2.32. The molecule has 0 aliphatic heterocycles. The molecule has 0 atom stereocenters. The molecule has 0 radical (unpaired) electrons. The molecule has 0 spiro atoms. The molecule has 0 bridgehead atoms. The molecule has 3 nitrogen and oxygen atoms in total. The summed E-state index contributed by atoms with van der Waals surface area (Å²) in [5.41, 5.74) is 2.17. The van der Waals surface area contributed by atoms with E-state index in [0.29, 0.717) is 6.04 Å². The van der Waals surface area contributed by atoms with Gasteiger partial charge in [-0.25, -0.2) is 4.98 Å². The number of rotatable bonds is 2. The number of fused-ring (bicyclic) bond motifs is 1. The van der Waals surface area contributed by atoms with Gasteiger partial charge >= 0.3 is 0 Å². The molecule has 1 aromatic heterocycles. The molecule has 1 aliphatic rings. The van der Waals surface area contributed by atoms with Gasteiger partial charge in [0.2, 0.25) is 0 Å². The Bertz CT molecular complexity index is 512. The zero-order chi connectivity index (χ0) is 11.7. The first kappa shape index (κ1) is 10.8. The number of nitrogens with zero attached hydrogens (tertiary/aromatic N) is 2. The summed E-state index contributed by atoms with van der Waals surface area (Å²) < 4.78 is 2.26. The fourth-order valence-electron chi connectivity index (χ4n) is 2.95. The SMILES string of the molecule is OCc1nc2ccccc2n1C1CCCCC1. The third kappa shape index (κ3) is 1.84. The summed E-state index contributed by atoms with van der Waals surface area (Å²) in [5, 5.41) is 9.47. The monoisotopic (exact) mass is 230 g/mol. The minimum Gasteiger partial charge on any atom is -0.388 e. The van der Waals surface area contributed by atoms with Crippen molar-refractivity contribution in [1.82, 2.24) is 9.55 Å². The van der Waals surface area contributed by atoms with E-state index >= 15 is 0 Å². The van der Waals surface area contributed by atoms with Gasteiger partial charge in [-0.1, -0.05) is 31.4 Å². The summed E-state index contributed by atoms with van der Waals surface area (Å²) in [4.78, 5) is 4.52. The van der Waals surface area contributed by atoms with E-state index in [9.17, 15) is 5.11 Å². The minimum absolute atomic E-state index is 0.0329. The largest absolute Gasteiger partial charge is 0.388 e. The average Bonchev–Trinajstić information content (AvgIpc) is 2.78.